The summed E-state index contributed by atoms with van der Waals surface area (Å²) in [6.07, 6.45) is 1.79. The van der Waals surface area contributed by atoms with Crippen LogP contribution in [-0.2, 0) is 0 Å². The Hall–Kier alpha value is -3.66. The van der Waals surface area contributed by atoms with Crippen molar-refractivity contribution in [3.63, 3.8) is 0 Å². The molecule has 28 heavy (non-hydrogen) atoms. The molecular formula is C24H19NO3. The molecule has 0 aliphatic heterocycles. The fraction of sp³-hybridized carbons (Fsp3) is 0.0833. The number of rotatable bonds is 5. The number of hydrogen-bond donors (Lipinski definition) is 0. The minimum atomic E-state index is -0.0639. The highest BCUT2D eigenvalue weighted by Crippen LogP contribution is 2.31. The monoisotopic (exact) mass is 369 g/mol. The summed E-state index contributed by atoms with van der Waals surface area (Å²) in [5.74, 6) is 0.684. The van der Waals surface area contributed by atoms with E-state index in [1.54, 1.807) is 31.5 Å². The van der Waals surface area contributed by atoms with E-state index in [1.807, 2.05) is 59.0 Å². The smallest absolute Gasteiger partial charge is 0.209 e. The van der Waals surface area contributed by atoms with Gasteiger partial charge >= 0.3 is 0 Å². The van der Waals surface area contributed by atoms with E-state index in [4.69, 9.17) is 4.74 Å². The summed E-state index contributed by atoms with van der Waals surface area (Å²) in [5.41, 5.74) is 4.45. The molecule has 4 rings (SSSR count). The van der Waals surface area contributed by atoms with Crippen LogP contribution in [0.15, 0.2) is 79.0 Å². The number of nitrogens with zero attached hydrogens (tertiary/aromatic N) is 1. The van der Waals surface area contributed by atoms with E-state index < -0.39 is 0 Å². The predicted molar refractivity (Wildman–Crippen MR) is 109 cm³/mol. The van der Waals surface area contributed by atoms with Gasteiger partial charge in [0, 0.05) is 22.9 Å². The molecule has 0 bridgehead atoms. The second-order valence-corrected chi connectivity index (χ2v) is 6.59. The van der Waals surface area contributed by atoms with Gasteiger partial charge in [-0.05, 0) is 42.8 Å². The summed E-state index contributed by atoms with van der Waals surface area (Å²) in [6.45, 7) is 1.54. The number of benzene rings is 2. The van der Waals surface area contributed by atoms with Gasteiger partial charge in [0.1, 0.15) is 5.75 Å². The van der Waals surface area contributed by atoms with Crippen LogP contribution >= 0.6 is 0 Å². The predicted octanol–water partition coefficient (Wildman–Crippen LogP) is 5.05. The maximum atomic E-state index is 13.1. The lowest BCUT2D eigenvalue weighted by molar-refractivity contribution is 0.101. The zero-order chi connectivity index (χ0) is 19.7. The molecule has 2 aromatic heterocycles. The molecule has 4 aromatic rings. The zero-order valence-corrected chi connectivity index (χ0v) is 15.7. The molecule has 0 saturated carbocycles. The fourth-order valence-corrected chi connectivity index (χ4v) is 3.33. The number of ether oxygens (including phenoxy) is 1. The quantitative estimate of drug-likeness (QED) is 0.463. The number of pyridine rings is 1. The normalized spacial score (nSPS) is 10.8. The summed E-state index contributed by atoms with van der Waals surface area (Å²) < 4.78 is 7.09. The summed E-state index contributed by atoms with van der Waals surface area (Å²) in [7, 11) is 1.62. The summed E-state index contributed by atoms with van der Waals surface area (Å²) >= 11 is 0. The van der Waals surface area contributed by atoms with Gasteiger partial charge in [0.2, 0.25) is 5.78 Å². The molecule has 0 aliphatic carbocycles. The van der Waals surface area contributed by atoms with Gasteiger partial charge in [0.05, 0.1) is 18.3 Å². The molecule has 2 aromatic carbocycles. The van der Waals surface area contributed by atoms with Crippen LogP contribution in [-0.4, -0.2) is 23.1 Å². The molecule has 0 amide bonds. The second kappa shape index (κ2) is 7.16. The van der Waals surface area contributed by atoms with Crippen molar-refractivity contribution < 1.29 is 14.3 Å². The fourth-order valence-electron chi connectivity index (χ4n) is 3.33. The third kappa shape index (κ3) is 3.09. The Morgan fingerprint density at radius 3 is 2.21 bits per heavy atom. The highest BCUT2D eigenvalue weighted by molar-refractivity contribution is 6.10. The number of carbonyl (C=O) groups excluding carboxylic acids is 2. The molecule has 0 atom stereocenters. The van der Waals surface area contributed by atoms with Crippen LogP contribution < -0.4 is 4.74 Å². The van der Waals surface area contributed by atoms with Gasteiger partial charge in [-0.25, -0.2) is 0 Å². The minimum Gasteiger partial charge on any atom is -0.497 e. The Bertz CT molecular complexity index is 1170. The standard InChI is InChI=1S/C24H19NO3/c1-16(26)19-12-13-25-22(14-19)21(17-8-10-20(28-2)11-9-17)15-23(25)24(27)18-6-4-3-5-7-18/h3-15H,1-2H3. The van der Waals surface area contributed by atoms with E-state index in [0.29, 0.717) is 16.8 Å². The minimum absolute atomic E-state index is 0.0136. The van der Waals surface area contributed by atoms with E-state index in [0.717, 1.165) is 22.4 Å². The zero-order valence-electron chi connectivity index (χ0n) is 15.7. The van der Waals surface area contributed by atoms with E-state index in [2.05, 4.69) is 0 Å². The van der Waals surface area contributed by atoms with Crippen molar-refractivity contribution in [2.75, 3.05) is 7.11 Å². The van der Waals surface area contributed by atoms with Crippen molar-refractivity contribution in [2.45, 2.75) is 6.92 Å². The van der Waals surface area contributed by atoms with Crippen molar-refractivity contribution in [3.8, 4) is 16.9 Å². The molecule has 0 unspecified atom stereocenters. The van der Waals surface area contributed by atoms with Crippen LogP contribution in [0.2, 0.25) is 0 Å². The average molecular weight is 369 g/mol. The van der Waals surface area contributed by atoms with Gasteiger partial charge in [-0.2, -0.15) is 0 Å². The molecule has 0 aliphatic rings. The maximum Gasteiger partial charge on any atom is 0.209 e. The van der Waals surface area contributed by atoms with Gasteiger partial charge in [-0.15, -0.1) is 0 Å². The molecular weight excluding hydrogens is 350 g/mol. The third-order valence-electron chi connectivity index (χ3n) is 4.85. The van der Waals surface area contributed by atoms with Gasteiger partial charge in [-0.1, -0.05) is 42.5 Å². The van der Waals surface area contributed by atoms with Crippen molar-refractivity contribution in [2.24, 2.45) is 0 Å². The molecule has 0 spiro atoms. The lowest BCUT2D eigenvalue weighted by Gasteiger charge is -2.05. The Balaban J connectivity index is 1.93. The van der Waals surface area contributed by atoms with Crippen LogP contribution in [0.3, 0.4) is 0 Å². The van der Waals surface area contributed by atoms with Crippen molar-refractivity contribution in [1.82, 2.24) is 4.40 Å². The van der Waals surface area contributed by atoms with E-state index >= 15 is 0 Å². The maximum absolute atomic E-state index is 13.1. The molecule has 4 nitrogen and oxygen atoms in total. The first kappa shape index (κ1) is 17.7. The topological polar surface area (TPSA) is 47.8 Å². The Morgan fingerprint density at radius 1 is 0.857 bits per heavy atom. The molecule has 2 heterocycles. The molecule has 0 radical (unpaired) electrons. The Morgan fingerprint density at radius 2 is 1.57 bits per heavy atom. The van der Waals surface area contributed by atoms with Crippen molar-refractivity contribution >= 4 is 17.1 Å². The lowest BCUT2D eigenvalue weighted by Crippen LogP contribution is -2.05. The largest absolute Gasteiger partial charge is 0.497 e. The molecule has 0 saturated heterocycles. The SMILES string of the molecule is COc1ccc(-c2cc(C(=O)c3ccccc3)n3ccc(C(C)=O)cc23)cc1. The van der Waals surface area contributed by atoms with Gasteiger partial charge < -0.3 is 9.14 Å². The number of hydrogen-bond acceptors (Lipinski definition) is 3. The van der Waals surface area contributed by atoms with E-state index in [9.17, 15) is 9.59 Å². The number of Topliss-reactive ketones (excluding diaryl/α,β-unsaturated/α-hetero) is 1. The number of aromatic nitrogens is 1. The van der Waals surface area contributed by atoms with E-state index in [-0.39, 0.29) is 11.6 Å². The van der Waals surface area contributed by atoms with Crippen LogP contribution in [0.5, 0.6) is 5.75 Å². The Kier molecular flexibility index (Phi) is 4.53. The first-order valence-electron chi connectivity index (χ1n) is 8.98. The van der Waals surface area contributed by atoms with Gasteiger partial charge in [-0.3, -0.25) is 9.59 Å². The highest BCUT2D eigenvalue weighted by Gasteiger charge is 2.18. The van der Waals surface area contributed by atoms with Gasteiger partial charge in [0.25, 0.3) is 0 Å². The number of carbonyl (C=O) groups is 2. The summed E-state index contributed by atoms with van der Waals surface area (Å²) in [5, 5.41) is 0. The van der Waals surface area contributed by atoms with Crippen LogP contribution in [0.25, 0.3) is 16.6 Å². The first-order chi connectivity index (χ1) is 13.6. The average Bonchev–Trinajstić information content (AvgIpc) is 3.12. The number of methoxy groups -OCH3 is 1. The molecule has 138 valence electrons. The second-order valence-electron chi connectivity index (χ2n) is 6.59. The summed E-state index contributed by atoms with van der Waals surface area (Å²) in [6, 6.07) is 22.3. The van der Waals surface area contributed by atoms with Crippen LogP contribution in [0.4, 0.5) is 0 Å². The number of ketones is 2. The molecule has 0 fully saturated rings. The van der Waals surface area contributed by atoms with Crippen molar-refractivity contribution in [1.29, 1.82) is 0 Å². The first-order valence-corrected chi connectivity index (χ1v) is 8.98. The molecule has 0 N–H and O–H groups in total. The highest BCUT2D eigenvalue weighted by atomic mass is 16.5. The molecule has 4 heteroatoms. The van der Waals surface area contributed by atoms with Crippen LogP contribution in [0.1, 0.15) is 33.3 Å². The summed E-state index contributed by atoms with van der Waals surface area (Å²) in [4.78, 5) is 25.0. The Labute approximate surface area is 163 Å². The van der Waals surface area contributed by atoms with Crippen LogP contribution in [0, 0.1) is 0 Å². The van der Waals surface area contributed by atoms with E-state index in [1.165, 1.54) is 6.92 Å². The van der Waals surface area contributed by atoms with Crippen molar-refractivity contribution in [3.05, 3.63) is 95.8 Å². The third-order valence-corrected chi connectivity index (χ3v) is 4.85. The van der Waals surface area contributed by atoms with Gasteiger partial charge in [0.15, 0.2) is 5.78 Å². The number of fused-ring (bicyclic) bond motifs is 1. The lowest BCUT2D eigenvalue weighted by atomic mass is 10.0.